The Hall–Kier alpha value is -2.27. The summed E-state index contributed by atoms with van der Waals surface area (Å²) in [6.45, 7) is 4.74. The van der Waals surface area contributed by atoms with E-state index in [0.29, 0.717) is 25.9 Å². The molecular weight excluding hydrogens is 510 g/mol. The number of likely N-dealkylation sites (tertiary alicyclic amines) is 1. The van der Waals surface area contributed by atoms with E-state index in [1.165, 1.54) is 12.5 Å². The van der Waals surface area contributed by atoms with Gasteiger partial charge in [-0.15, -0.1) is 0 Å². The second kappa shape index (κ2) is 10.1. The van der Waals surface area contributed by atoms with Gasteiger partial charge in [0.15, 0.2) is 14.6 Å². The zero-order chi connectivity index (χ0) is 26.3. The average molecular weight is 546 g/mol. The van der Waals surface area contributed by atoms with Gasteiger partial charge in [-0.2, -0.15) is 0 Å². The maximum atomic E-state index is 14.1. The lowest BCUT2D eigenvalue weighted by molar-refractivity contribution is -0.125. The van der Waals surface area contributed by atoms with Crippen LogP contribution in [0, 0.1) is 0 Å². The molecule has 3 heterocycles. The van der Waals surface area contributed by atoms with Crippen molar-refractivity contribution in [2.24, 2.45) is 0 Å². The van der Waals surface area contributed by atoms with Crippen molar-refractivity contribution >= 4 is 36.5 Å². The Morgan fingerprint density at radius 2 is 1.73 bits per heavy atom. The first-order chi connectivity index (χ1) is 17.7. The highest BCUT2D eigenvalue weighted by Gasteiger charge is 2.67. The second-order valence-electron chi connectivity index (χ2n) is 10.3. The smallest absolute Gasteiger partial charge is 0.270 e. The minimum absolute atomic E-state index is 0.0269. The minimum atomic E-state index is -4.32. The first-order valence-electron chi connectivity index (χ1n) is 13.2. The number of hydrogen-bond acceptors (Lipinski definition) is 7. The quantitative estimate of drug-likeness (QED) is 0.517. The zero-order valence-electron chi connectivity index (χ0n) is 21.2. The molecule has 3 aliphatic rings. The summed E-state index contributed by atoms with van der Waals surface area (Å²) < 4.78 is 54.7. The Labute approximate surface area is 219 Å². The number of amides is 1. The van der Waals surface area contributed by atoms with E-state index in [-0.39, 0.29) is 22.8 Å². The Morgan fingerprint density at radius 3 is 2.46 bits per heavy atom. The molecule has 3 aliphatic heterocycles. The number of carbonyl (C=O) groups is 1. The third-order valence-electron chi connectivity index (χ3n) is 7.95. The van der Waals surface area contributed by atoms with Gasteiger partial charge < -0.3 is 10.2 Å². The highest BCUT2D eigenvalue weighted by Crippen LogP contribution is 2.46. The van der Waals surface area contributed by atoms with Gasteiger partial charge >= 0.3 is 0 Å². The SMILES string of the molecule is CCC[C@]1(S(=O)(=O)CCCN2CCCCC2)C(=O)N(S(=O)(=O)c2ccc3ccccc3c2)C2=CCN[C@H]21. The van der Waals surface area contributed by atoms with E-state index in [2.05, 4.69) is 10.2 Å². The predicted octanol–water partition coefficient (Wildman–Crippen LogP) is 3.06. The number of hydrogen-bond donors (Lipinski definition) is 1. The predicted molar refractivity (Wildman–Crippen MR) is 144 cm³/mol. The Kier molecular flexibility index (Phi) is 7.21. The third-order valence-corrected chi connectivity index (χ3v) is 12.2. The Morgan fingerprint density at radius 1 is 1.00 bits per heavy atom. The van der Waals surface area contributed by atoms with E-state index < -0.39 is 36.6 Å². The lowest BCUT2D eigenvalue weighted by atomic mass is 9.96. The van der Waals surface area contributed by atoms with Crippen LogP contribution < -0.4 is 5.32 Å². The Bertz CT molecular complexity index is 1430. The van der Waals surface area contributed by atoms with Gasteiger partial charge in [0.1, 0.15) is 0 Å². The molecule has 0 bridgehead atoms. The molecule has 0 spiro atoms. The van der Waals surface area contributed by atoms with Gasteiger partial charge in [-0.1, -0.05) is 50.1 Å². The molecule has 10 heteroatoms. The van der Waals surface area contributed by atoms with Crippen LogP contribution in [-0.2, 0) is 24.7 Å². The van der Waals surface area contributed by atoms with Gasteiger partial charge in [-0.05, 0) is 74.3 Å². The summed E-state index contributed by atoms with van der Waals surface area (Å²) in [5.74, 6) is -1.01. The van der Waals surface area contributed by atoms with Crippen LogP contribution in [0.3, 0.4) is 0 Å². The molecule has 2 aromatic rings. The highest BCUT2D eigenvalue weighted by molar-refractivity contribution is 7.94. The fraction of sp³-hybridized carbons (Fsp3) is 0.519. The van der Waals surface area contributed by atoms with Crippen molar-refractivity contribution in [3.63, 3.8) is 0 Å². The number of fused-ring (bicyclic) bond motifs is 2. The maximum absolute atomic E-state index is 14.1. The lowest BCUT2D eigenvalue weighted by Crippen LogP contribution is -2.57. The molecule has 37 heavy (non-hydrogen) atoms. The van der Waals surface area contributed by atoms with Crippen molar-refractivity contribution in [2.75, 3.05) is 31.9 Å². The van der Waals surface area contributed by atoms with E-state index in [0.717, 1.165) is 41.0 Å². The van der Waals surface area contributed by atoms with Crippen LogP contribution in [-0.4, -0.2) is 74.7 Å². The topological polar surface area (TPSA) is 104 Å². The summed E-state index contributed by atoms with van der Waals surface area (Å²) in [4.78, 5) is 16.4. The van der Waals surface area contributed by atoms with Crippen LogP contribution in [0.2, 0.25) is 0 Å². The molecule has 0 aliphatic carbocycles. The van der Waals surface area contributed by atoms with Crippen LogP contribution in [0.15, 0.2) is 59.1 Å². The van der Waals surface area contributed by atoms with E-state index in [9.17, 15) is 21.6 Å². The monoisotopic (exact) mass is 545 g/mol. The standard InChI is InChI=1S/C27H35N3O5S2/c1-2-14-27(36(32,33)19-8-18-29-16-6-3-7-17-29)25-24(13-15-28-25)30(26(27)31)37(34,35)23-12-11-21-9-4-5-10-22(21)20-23/h4-5,9-13,20,25,28H,2-3,6-8,14-19H2,1H3/t25-,27-/m1/s1. The minimum Gasteiger partial charge on any atom is -0.303 e. The molecule has 2 saturated heterocycles. The van der Waals surface area contributed by atoms with Crippen molar-refractivity contribution in [3.05, 3.63) is 54.2 Å². The van der Waals surface area contributed by atoms with Crippen LogP contribution in [0.5, 0.6) is 0 Å². The fourth-order valence-electron chi connectivity index (χ4n) is 6.14. The van der Waals surface area contributed by atoms with Gasteiger partial charge in [-0.25, -0.2) is 21.1 Å². The number of sulfonamides is 1. The summed E-state index contributed by atoms with van der Waals surface area (Å²) in [7, 11) is -8.30. The first kappa shape index (κ1) is 26.3. The van der Waals surface area contributed by atoms with Gasteiger partial charge in [0.05, 0.1) is 22.4 Å². The number of piperidine rings is 1. The van der Waals surface area contributed by atoms with Crippen LogP contribution in [0.25, 0.3) is 10.8 Å². The molecule has 8 nitrogen and oxygen atoms in total. The molecule has 1 amide bonds. The summed E-state index contributed by atoms with van der Waals surface area (Å²) in [5.41, 5.74) is 0.228. The lowest BCUT2D eigenvalue weighted by Gasteiger charge is -2.32. The molecule has 0 saturated carbocycles. The highest BCUT2D eigenvalue weighted by atomic mass is 32.2. The van der Waals surface area contributed by atoms with Gasteiger partial charge in [0.25, 0.3) is 15.9 Å². The number of carbonyl (C=O) groups excluding carboxylic acids is 1. The maximum Gasteiger partial charge on any atom is 0.270 e. The molecular formula is C27H35N3O5S2. The van der Waals surface area contributed by atoms with Crippen molar-refractivity contribution in [3.8, 4) is 0 Å². The number of benzene rings is 2. The van der Waals surface area contributed by atoms with Crippen LogP contribution in [0.4, 0.5) is 0 Å². The van der Waals surface area contributed by atoms with Gasteiger partial charge in [0, 0.05) is 6.54 Å². The molecule has 0 aromatic heterocycles. The third kappa shape index (κ3) is 4.41. The molecule has 2 fully saturated rings. The van der Waals surface area contributed by atoms with Crippen molar-refractivity contribution in [1.82, 2.24) is 14.5 Å². The van der Waals surface area contributed by atoms with Gasteiger partial charge in [-0.3, -0.25) is 4.79 Å². The largest absolute Gasteiger partial charge is 0.303 e. The molecule has 1 N–H and O–H groups in total. The normalized spacial score (nSPS) is 25.0. The molecule has 0 unspecified atom stereocenters. The Balaban J connectivity index is 1.50. The molecule has 5 rings (SSSR count). The average Bonchev–Trinajstić information content (AvgIpc) is 3.45. The van der Waals surface area contributed by atoms with E-state index in [1.54, 1.807) is 18.2 Å². The van der Waals surface area contributed by atoms with E-state index in [4.69, 9.17) is 0 Å². The summed E-state index contributed by atoms with van der Waals surface area (Å²) >= 11 is 0. The number of sulfone groups is 1. The molecule has 2 atom stereocenters. The number of nitrogens with zero attached hydrogens (tertiary/aromatic N) is 2. The number of nitrogens with one attached hydrogen (secondary N) is 1. The first-order valence-corrected chi connectivity index (χ1v) is 16.3. The summed E-state index contributed by atoms with van der Waals surface area (Å²) in [5, 5.41) is 4.76. The van der Waals surface area contributed by atoms with Crippen molar-refractivity contribution in [2.45, 2.75) is 61.1 Å². The molecule has 200 valence electrons. The summed E-state index contributed by atoms with van der Waals surface area (Å²) in [6.07, 6.45) is 6.00. The van der Waals surface area contributed by atoms with Crippen LogP contribution >= 0.6 is 0 Å². The van der Waals surface area contributed by atoms with E-state index >= 15 is 0 Å². The summed E-state index contributed by atoms with van der Waals surface area (Å²) in [6, 6.07) is 11.2. The second-order valence-corrected chi connectivity index (χ2v) is 14.4. The zero-order valence-corrected chi connectivity index (χ0v) is 22.9. The molecule has 0 radical (unpaired) electrons. The number of rotatable bonds is 9. The van der Waals surface area contributed by atoms with Crippen molar-refractivity contribution < 1.29 is 21.6 Å². The van der Waals surface area contributed by atoms with E-state index in [1.807, 2.05) is 31.2 Å². The molecule has 2 aromatic carbocycles. The fourth-order valence-corrected chi connectivity index (χ4v) is 10.1. The van der Waals surface area contributed by atoms with Crippen molar-refractivity contribution in [1.29, 1.82) is 0 Å². The van der Waals surface area contributed by atoms with Crippen LogP contribution in [0.1, 0.15) is 45.4 Å². The van der Waals surface area contributed by atoms with Gasteiger partial charge in [0.2, 0.25) is 0 Å².